The van der Waals surface area contributed by atoms with E-state index < -0.39 is 10.0 Å². The highest BCUT2D eigenvalue weighted by Crippen LogP contribution is 2.17. The molecule has 21 heavy (non-hydrogen) atoms. The number of aromatic nitrogens is 2. The van der Waals surface area contributed by atoms with Gasteiger partial charge in [-0.15, -0.1) is 0 Å². The maximum absolute atomic E-state index is 12.3. The van der Waals surface area contributed by atoms with Crippen molar-refractivity contribution in [3.05, 3.63) is 46.2 Å². The molecule has 0 unspecified atom stereocenters. The van der Waals surface area contributed by atoms with Gasteiger partial charge in [-0.05, 0) is 39.0 Å². The van der Waals surface area contributed by atoms with E-state index in [2.05, 4.69) is 9.82 Å². The smallest absolute Gasteiger partial charge is 0.240 e. The van der Waals surface area contributed by atoms with Crippen molar-refractivity contribution in [2.45, 2.75) is 38.8 Å². The van der Waals surface area contributed by atoms with Crippen LogP contribution in [0.15, 0.2) is 29.2 Å². The predicted octanol–water partition coefficient (Wildman–Crippen LogP) is 2.65. The summed E-state index contributed by atoms with van der Waals surface area (Å²) >= 11 is 5.84. The quantitative estimate of drug-likeness (QED) is 0.918. The molecule has 1 N–H and O–H groups in total. The summed E-state index contributed by atoms with van der Waals surface area (Å²) in [6, 6.07) is 6.20. The third-order valence-electron chi connectivity index (χ3n) is 3.38. The van der Waals surface area contributed by atoms with Crippen LogP contribution in [0.2, 0.25) is 5.02 Å². The van der Waals surface area contributed by atoms with Gasteiger partial charge in [0, 0.05) is 29.4 Å². The van der Waals surface area contributed by atoms with Gasteiger partial charge in [0.25, 0.3) is 0 Å². The van der Waals surface area contributed by atoms with Crippen LogP contribution >= 0.6 is 11.6 Å². The fraction of sp³-hybridized carbons (Fsp3) is 0.357. The number of aryl methyl sites for hydroxylation is 2. The molecule has 0 amide bonds. The second-order valence-electron chi connectivity index (χ2n) is 4.75. The Bertz CT molecular complexity index is 754. The van der Waals surface area contributed by atoms with E-state index in [-0.39, 0.29) is 11.4 Å². The number of hydrogen-bond acceptors (Lipinski definition) is 3. The number of hydrogen-bond donors (Lipinski definition) is 1. The van der Waals surface area contributed by atoms with Crippen LogP contribution in [0.3, 0.4) is 0 Å². The lowest BCUT2D eigenvalue weighted by atomic mass is 10.2. The Hall–Kier alpha value is -1.37. The first kappa shape index (κ1) is 16.0. The highest BCUT2D eigenvalue weighted by molar-refractivity contribution is 7.89. The van der Waals surface area contributed by atoms with Crippen LogP contribution in [-0.4, -0.2) is 18.2 Å². The lowest BCUT2D eigenvalue weighted by molar-refractivity contribution is 0.581. The summed E-state index contributed by atoms with van der Waals surface area (Å²) in [7, 11) is -3.58. The van der Waals surface area contributed by atoms with Gasteiger partial charge >= 0.3 is 0 Å². The number of rotatable bonds is 5. The molecule has 0 aliphatic heterocycles. The van der Waals surface area contributed by atoms with E-state index in [1.807, 2.05) is 25.5 Å². The zero-order chi connectivity index (χ0) is 15.6. The molecule has 0 atom stereocenters. The average molecular weight is 328 g/mol. The van der Waals surface area contributed by atoms with Gasteiger partial charge in [0.05, 0.1) is 10.6 Å². The monoisotopic (exact) mass is 327 g/mol. The topological polar surface area (TPSA) is 64.0 Å². The molecule has 0 aliphatic rings. The molecule has 5 nitrogen and oxygen atoms in total. The molecule has 1 aromatic heterocycles. The fourth-order valence-electron chi connectivity index (χ4n) is 2.18. The Labute approximate surface area is 130 Å². The highest BCUT2D eigenvalue weighted by Gasteiger charge is 2.17. The molecular formula is C14H18ClN3O2S. The first-order valence-corrected chi connectivity index (χ1v) is 8.49. The summed E-state index contributed by atoms with van der Waals surface area (Å²) in [5.74, 6) is 0. The van der Waals surface area contributed by atoms with Crippen LogP contribution in [0.1, 0.15) is 23.9 Å². The minimum absolute atomic E-state index is 0.160. The molecule has 0 bridgehead atoms. The normalized spacial score (nSPS) is 11.8. The molecule has 0 aliphatic carbocycles. The van der Waals surface area contributed by atoms with Crippen LogP contribution in [0, 0.1) is 13.8 Å². The molecule has 0 saturated carbocycles. The van der Waals surface area contributed by atoms with Gasteiger partial charge in [0.1, 0.15) is 0 Å². The molecule has 114 valence electrons. The zero-order valence-electron chi connectivity index (χ0n) is 12.2. The molecule has 0 saturated heterocycles. The van der Waals surface area contributed by atoms with E-state index >= 15 is 0 Å². The molecule has 2 rings (SSSR count). The number of nitrogens with zero attached hydrogens (tertiary/aromatic N) is 2. The molecule has 7 heteroatoms. The fourth-order valence-corrected chi connectivity index (χ4v) is 3.48. The van der Waals surface area contributed by atoms with Gasteiger partial charge in [-0.1, -0.05) is 17.7 Å². The Morgan fingerprint density at radius 1 is 1.33 bits per heavy atom. The minimum Gasteiger partial charge on any atom is -0.270 e. The molecule has 0 fully saturated rings. The van der Waals surface area contributed by atoms with E-state index in [4.69, 9.17) is 11.6 Å². The first-order valence-electron chi connectivity index (χ1n) is 6.63. The van der Waals surface area contributed by atoms with Crippen LogP contribution < -0.4 is 4.72 Å². The first-order chi connectivity index (χ1) is 9.85. The molecular weight excluding hydrogens is 310 g/mol. The summed E-state index contributed by atoms with van der Waals surface area (Å²) in [6.07, 6.45) is 0. The van der Waals surface area contributed by atoms with Crippen molar-refractivity contribution in [2.24, 2.45) is 0 Å². The van der Waals surface area contributed by atoms with Crippen molar-refractivity contribution in [2.75, 3.05) is 0 Å². The second-order valence-corrected chi connectivity index (χ2v) is 6.95. The van der Waals surface area contributed by atoms with Crippen molar-refractivity contribution in [1.82, 2.24) is 14.5 Å². The summed E-state index contributed by atoms with van der Waals surface area (Å²) < 4.78 is 29.0. The van der Waals surface area contributed by atoms with Crippen molar-refractivity contribution in [3.63, 3.8) is 0 Å². The molecule has 0 spiro atoms. The summed E-state index contributed by atoms with van der Waals surface area (Å²) in [6.45, 7) is 6.79. The van der Waals surface area contributed by atoms with Crippen LogP contribution in [0.5, 0.6) is 0 Å². The summed E-state index contributed by atoms with van der Waals surface area (Å²) in [5, 5.41) is 4.77. The minimum atomic E-state index is -3.58. The van der Waals surface area contributed by atoms with Gasteiger partial charge in [0.2, 0.25) is 10.0 Å². The summed E-state index contributed by atoms with van der Waals surface area (Å²) in [5.41, 5.74) is 2.72. The molecule has 0 radical (unpaired) electrons. The van der Waals surface area contributed by atoms with Crippen molar-refractivity contribution in [1.29, 1.82) is 0 Å². The number of nitrogens with one attached hydrogen (secondary N) is 1. The van der Waals surface area contributed by atoms with Gasteiger partial charge < -0.3 is 0 Å². The van der Waals surface area contributed by atoms with Gasteiger partial charge in [-0.25, -0.2) is 13.1 Å². The van der Waals surface area contributed by atoms with Crippen molar-refractivity contribution >= 4 is 21.6 Å². The zero-order valence-corrected chi connectivity index (χ0v) is 13.8. The Balaban J connectivity index is 2.21. The van der Waals surface area contributed by atoms with E-state index in [9.17, 15) is 8.42 Å². The van der Waals surface area contributed by atoms with Crippen LogP contribution in [-0.2, 0) is 23.1 Å². The lowest BCUT2D eigenvalue weighted by Gasteiger charge is -2.08. The average Bonchev–Trinajstić information content (AvgIpc) is 2.71. The number of benzene rings is 1. The van der Waals surface area contributed by atoms with E-state index in [1.54, 1.807) is 12.1 Å². The van der Waals surface area contributed by atoms with E-state index in [1.165, 1.54) is 12.1 Å². The molecule has 1 aromatic carbocycles. The largest absolute Gasteiger partial charge is 0.270 e. The SMILES string of the molecule is CCn1nc(C)c(CNS(=O)(=O)c2cccc(Cl)c2)c1C. The Kier molecular flexibility index (Phi) is 4.70. The molecule has 1 heterocycles. The Morgan fingerprint density at radius 2 is 2.05 bits per heavy atom. The van der Waals surface area contributed by atoms with Crippen molar-refractivity contribution in [3.8, 4) is 0 Å². The predicted molar refractivity (Wildman–Crippen MR) is 82.9 cm³/mol. The van der Waals surface area contributed by atoms with Gasteiger partial charge in [-0.2, -0.15) is 5.10 Å². The molecule has 2 aromatic rings. The van der Waals surface area contributed by atoms with E-state index in [0.717, 1.165) is 23.5 Å². The third kappa shape index (κ3) is 3.45. The number of halogens is 1. The standard InChI is InChI=1S/C14H18ClN3O2S/c1-4-18-11(3)14(10(2)17-18)9-16-21(19,20)13-7-5-6-12(15)8-13/h5-8,16H,4,9H2,1-3H3. The van der Waals surface area contributed by atoms with Crippen LogP contribution in [0.4, 0.5) is 0 Å². The van der Waals surface area contributed by atoms with Crippen molar-refractivity contribution < 1.29 is 8.42 Å². The highest BCUT2D eigenvalue weighted by atomic mass is 35.5. The second kappa shape index (κ2) is 6.17. The third-order valence-corrected chi connectivity index (χ3v) is 5.01. The summed E-state index contributed by atoms with van der Waals surface area (Å²) in [4.78, 5) is 0.160. The lowest BCUT2D eigenvalue weighted by Crippen LogP contribution is -2.23. The van der Waals surface area contributed by atoms with E-state index in [0.29, 0.717) is 5.02 Å². The Morgan fingerprint density at radius 3 is 2.62 bits per heavy atom. The maximum atomic E-state index is 12.3. The number of sulfonamides is 1. The van der Waals surface area contributed by atoms with Gasteiger partial charge in [-0.3, -0.25) is 4.68 Å². The van der Waals surface area contributed by atoms with Crippen LogP contribution in [0.25, 0.3) is 0 Å². The maximum Gasteiger partial charge on any atom is 0.240 e. The van der Waals surface area contributed by atoms with Gasteiger partial charge in [0.15, 0.2) is 0 Å².